The molecule has 0 atom stereocenters. The summed E-state index contributed by atoms with van der Waals surface area (Å²) in [6.07, 6.45) is 1.94. The standard InChI is InChI=1S/C26H29N3O/c1-2-30-25-15-13-22(14-16-25)21-27-29-19-17-28(18-20-29)26(23-9-5-3-6-10-23)24-11-7-4-8-12-24/h3-16,21,26H,2,17-20H2,1H3/b27-21-. The third kappa shape index (κ3) is 5.08. The first-order valence-corrected chi connectivity index (χ1v) is 10.7. The first-order chi connectivity index (χ1) is 14.8. The molecule has 0 aromatic heterocycles. The Morgan fingerprint density at radius 3 is 1.90 bits per heavy atom. The minimum atomic E-state index is 0.282. The molecule has 0 N–H and O–H groups in total. The fraction of sp³-hybridized carbons (Fsp3) is 0.269. The monoisotopic (exact) mass is 399 g/mol. The van der Waals surface area contributed by atoms with Gasteiger partial charge >= 0.3 is 0 Å². The quantitative estimate of drug-likeness (QED) is 0.533. The van der Waals surface area contributed by atoms with E-state index < -0.39 is 0 Å². The van der Waals surface area contributed by atoms with Crippen LogP contribution in [0.15, 0.2) is 90.0 Å². The van der Waals surface area contributed by atoms with E-state index in [1.165, 1.54) is 11.1 Å². The van der Waals surface area contributed by atoms with E-state index in [1.807, 2.05) is 37.4 Å². The van der Waals surface area contributed by atoms with Gasteiger partial charge in [0.15, 0.2) is 0 Å². The van der Waals surface area contributed by atoms with E-state index in [9.17, 15) is 0 Å². The molecule has 1 fully saturated rings. The Bertz CT molecular complexity index is 878. The number of hydrazone groups is 1. The van der Waals surface area contributed by atoms with Gasteiger partial charge in [0.1, 0.15) is 5.75 Å². The summed E-state index contributed by atoms with van der Waals surface area (Å²) >= 11 is 0. The zero-order valence-electron chi connectivity index (χ0n) is 17.5. The summed E-state index contributed by atoms with van der Waals surface area (Å²) in [6, 6.07) is 30.0. The summed E-state index contributed by atoms with van der Waals surface area (Å²) in [4.78, 5) is 2.56. The normalized spacial score (nSPS) is 15.1. The highest BCUT2D eigenvalue weighted by Gasteiger charge is 2.25. The molecule has 0 spiro atoms. The number of hydrogen-bond donors (Lipinski definition) is 0. The summed E-state index contributed by atoms with van der Waals surface area (Å²) in [5, 5.41) is 6.88. The van der Waals surface area contributed by atoms with E-state index >= 15 is 0 Å². The SMILES string of the molecule is CCOc1ccc(/C=N\N2CCN(C(c3ccccc3)c3ccccc3)CC2)cc1. The van der Waals surface area contributed by atoms with E-state index in [1.54, 1.807) is 0 Å². The highest BCUT2D eigenvalue weighted by molar-refractivity contribution is 5.79. The van der Waals surface area contributed by atoms with Crippen molar-refractivity contribution >= 4 is 6.21 Å². The van der Waals surface area contributed by atoms with Crippen molar-refractivity contribution in [1.29, 1.82) is 0 Å². The van der Waals surface area contributed by atoms with Gasteiger partial charge in [0.05, 0.1) is 18.9 Å². The lowest BCUT2D eigenvalue weighted by Crippen LogP contribution is -2.45. The Balaban J connectivity index is 1.41. The molecule has 1 aliphatic heterocycles. The summed E-state index contributed by atoms with van der Waals surface area (Å²) in [6.45, 7) is 6.48. The summed E-state index contributed by atoms with van der Waals surface area (Å²) < 4.78 is 5.50. The highest BCUT2D eigenvalue weighted by Crippen LogP contribution is 2.29. The van der Waals surface area contributed by atoms with Crippen molar-refractivity contribution in [3.8, 4) is 5.75 Å². The van der Waals surface area contributed by atoms with Crippen LogP contribution in [0.2, 0.25) is 0 Å². The average Bonchev–Trinajstić information content (AvgIpc) is 2.81. The van der Waals surface area contributed by atoms with E-state index in [2.05, 4.69) is 70.6 Å². The highest BCUT2D eigenvalue weighted by atomic mass is 16.5. The van der Waals surface area contributed by atoms with Crippen LogP contribution < -0.4 is 4.74 Å². The second-order valence-corrected chi connectivity index (χ2v) is 7.46. The van der Waals surface area contributed by atoms with Crippen LogP contribution in [-0.2, 0) is 0 Å². The topological polar surface area (TPSA) is 28.1 Å². The molecule has 4 heteroatoms. The summed E-state index contributed by atoms with van der Waals surface area (Å²) in [5.41, 5.74) is 3.78. The second-order valence-electron chi connectivity index (χ2n) is 7.46. The van der Waals surface area contributed by atoms with Crippen LogP contribution >= 0.6 is 0 Å². The van der Waals surface area contributed by atoms with Crippen LogP contribution in [0, 0.1) is 0 Å². The maximum Gasteiger partial charge on any atom is 0.119 e. The molecule has 0 saturated carbocycles. The zero-order chi connectivity index (χ0) is 20.6. The molecule has 0 unspecified atom stereocenters. The van der Waals surface area contributed by atoms with E-state index in [4.69, 9.17) is 9.84 Å². The third-order valence-corrected chi connectivity index (χ3v) is 5.45. The molecule has 154 valence electrons. The van der Waals surface area contributed by atoms with Crippen LogP contribution in [0.5, 0.6) is 5.75 Å². The predicted octanol–water partition coefficient (Wildman–Crippen LogP) is 4.83. The number of hydrogen-bond acceptors (Lipinski definition) is 4. The van der Waals surface area contributed by atoms with Gasteiger partial charge in [-0.2, -0.15) is 5.10 Å². The molecule has 0 radical (unpaired) electrons. The fourth-order valence-electron chi connectivity index (χ4n) is 3.93. The molecule has 4 rings (SSSR count). The van der Waals surface area contributed by atoms with Crippen LogP contribution in [0.25, 0.3) is 0 Å². The van der Waals surface area contributed by atoms with Crippen molar-refractivity contribution in [2.45, 2.75) is 13.0 Å². The lowest BCUT2D eigenvalue weighted by Gasteiger charge is -2.38. The van der Waals surface area contributed by atoms with Crippen molar-refractivity contribution < 1.29 is 4.74 Å². The third-order valence-electron chi connectivity index (χ3n) is 5.45. The summed E-state index contributed by atoms with van der Waals surface area (Å²) in [5.74, 6) is 0.899. The fourth-order valence-corrected chi connectivity index (χ4v) is 3.93. The van der Waals surface area contributed by atoms with Gasteiger partial charge in [0.25, 0.3) is 0 Å². The zero-order valence-corrected chi connectivity index (χ0v) is 17.5. The van der Waals surface area contributed by atoms with Crippen LogP contribution in [-0.4, -0.2) is 48.9 Å². The van der Waals surface area contributed by atoms with Gasteiger partial charge in [0.2, 0.25) is 0 Å². The number of rotatable bonds is 7. The van der Waals surface area contributed by atoms with E-state index in [-0.39, 0.29) is 6.04 Å². The molecular formula is C26H29N3O. The first kappa shape index (κ1) is 20.2. The first-order valence-electron chi connectivity index (χ1n) is 10.7. The summed E-state index contributed by atoms with van der Waals surface area (Å²) in [7, 11) is 0. The van der Waals surface area contributed by atoms with Gasteiger partial charge in [-0.1, -0.05) is 60.7 Å². The Labute approximate surface area is 179 Å². The van der Waals surface area contributed by atoms with Gasteiger partial charge in [-0.05, 0) is 47.9 Å². The molecular weight excluding hydrogens is 370 g/mol. The van der Waals surface area contributed by atoms with Gasteiger partial charge in [0, 0.05) is 26.2 Å². The van der Waals surface area contributed by atoms with Gasteiger partial charge in [-0.3, -0.25) is 9.91 Å². The van der Waals surface area contributed by atoms with Crippen LogP contribution in [0.4, 0.5) is 0 Å². The number of ether oxygens (including phenoxy) is 1. The molecule has 0 bridgehead atoms. The Morgan fingerprint density at radius 1 is 0.800 bits per heavy atom. The molecule has 1 saturated heterocycles. The predicted molar refractivity (Wildman–Crippen MR) is 123 cm³/mol. The van der Waals surface area contributed by atoms with Crippen molar-refractivity contribution in [2.24, 2.45) is 5.10 Å². The Morgan fingerprint density at radius 2 is 1.37 bits per heavy atom. The van der Waals surface area contributed by atoms with Crippen LogP contribution in [0.1, 0.15) is 29.7 Å². The minimum absolute atomic E-state index is 0.282. The molecule has 30 heavy (non-hydrogen) atoms. The van der Waals surface area contributed by atoms with Crippen molar-refractivity contribution in [3.63, 3.8) is 0 Å². The lowest BCUT2D eigenvalue weighted by molar-refractivity contribution is 0.113. The second kappa shape index (κ2) is 10.1. The number of benzene rings is 3. The molecule has 1 heterocycles. The van der Waals surface area contributed by atoms with Crippen molar-refractivity contribution in [1.82, 2.24) is 9.91 Å². The molecule has 0 amide bonds. The van der Waals surface area contributed by atoms with Gasteiger partial charge in [-0.15, -0.1) is 0 Å². The molecule has 3 aromatic rings. The van der Waals surface area contributed by atoms with Gasteiger partial charge < -0.3 is 4.74 Å². The van der Waals surface area contributed by atoms with Gasteiger partial charge in [-0.25, -0.2) is 0 Å². The Hall–Kier alpha value is -3.11. The number of nitrogens with zero attached hydrogens (tertiary/aromatic N) is 3. The van der Waals surface area contributed by atoms with Crippen molar-refractivity contribution in [2.75, 3.05) is 32.8 Å². The molecule has 3 aromatic carbocycles. The van der Waals surface area contributed by atoms with Crippen molar-refractivity contribution in [3.05, 3.63) is 102 Å². The lowest BCUT2D eigenvalue weighted by atomic mass is 9.96. The smallest absolute Gasteiger partial charge is 0.119 e. The Kier molecular flexibility index (Phi) is 6.78. The van der Waals surface area contributed by atoms with Crippen LogP contribution in [0.3, 0.4) is 0 Å². The molecule has 0 aliphatic carbocycles. The van der Waals surface area contributed by atoms with E-state index in [0.29, 0.717) is 6.61 Å². The maximum absolute atomic E-state index is 5.50. The average molecular weight is 400 g/mol. The number of piperazine rings is 1. The molecule has 4 nitrogen and oxygen atoms in total. The van der Waals surface area contributed by atoms with E-state index in [0.717, 1.165) is 37.5 Å². The maximum atomic E-state index is 5.50. The molecule has 1 aliphatic rings. The largest absolute Gasteiger partial charge is 0.494 e. The minimum Gasteiger partial charge on any atom is -0.494 e.